The van der Waals surface area contributed by atoms with Crippen LogP contribution in [0.3, 0.4) is 0 Å². The molecule has 5 aliphatic carbocycles. The lowest BCUT2D eigenvalue weighted by Gasteiger charge is -2.45. The summed E-state index contributed by atoms with van der Waals surface area (Å²) in [5.41, 5.74) is 0.614. The van der Waals surface area contributed by atoms with Gasteiger partial charge in [0.25, 0.3) is 0 Å². The minimum atomic E-state index is 0.614. The lowest BCUT2D eigenvalue weighted by atomic mass is 9.60. The summed E-state index contributed by atoms with van der Waals surface area (Å²) in [5.74, 6) is 10.6. The van der Waals surface area contributed by atoms with Crippen LogP contribution in [0.4, 0.5) is 0 Å². The standard InChI is InChI=1S/C29H50/c1-19-9-5-7-11-23(19)21-13-15-25-26-16-14-22(24-12-8-6-10-20(24)2)18-28(26)29(3,4)27(25)17-21/h19-28H,5-18H2,1-4H3. The highest BCUT2D eigenvalue weighted by Gasteiger charge is 2.58. The van der Waals surface area contributed by atoms with Crippen molar-refractivity contribution in [1.82, 2.24) is 0 Å². The molecule has 166 valence electrons. The van der Waals surface area contributed by atoms with E-state index in [9.17, 15) is 0 Å². The van der Waals surface area contributed by atoms with Crippen LogP contribution in [0.15, 0.2) is 0 Å². The molecule has 0 aromatic carbocycles. The van der Waals surface area contributed by atoms with Crippen molar-refractivity contribution in [2.24, 2.45) is 64.6 Å². The minimum absolute atomic E-state index is 0.614. The van der Waals surface area contributed by atoms with Gasteiger partial charge < -0.3 is 0 Å². The van der Waals surface area contributed by atoms with Gasteiger partial charge in [-0.05, 0) is 116 Å². The van der Waals surface area contributed by atoms with Crippen LogP contribution in [0.2, 0.25) is 0 Å². The first-order valence-electron chi connectivity index (χ1n) is 14.0. The van der Waals surface area contributed by atoms with Gasteiger partial charge in [0, 0.05) is 0 Å². The maximum atomic E-state index is 2.73. The van der Waals surface area contributed by atoms with Gasteiger partial charge in [0.1, 0.15) is 0 Å². The van der Waals surface area contributed by atoms with Crippen molar-refractivity contribution < 1.29 is 0 Å². The Morgan fingerprint density at radius 2 is 0.897 bits per heavy atom. The average Bonchev–Trinajstić information content (AvgIpc) is 2.95. The Hall–Kier alpha value is 0. The van der Waals surface area contributed by atoms with E-state index in [1.165, 1.54) is 38.5 Å². The van der Waals surface area contributed by atoms with Crippen molar-refractivity contribution in [3.8, 4) is 0 Å². The third kappa shape index (κ3) is 3.65. The summed E-state index contributed by atoms with van der Waals surface area (Å²) in [6.07, 6.45) is 21.8. The van der Waals surface area contributed by atoms with E-state index in [0.717, 1.165) is 59.2 Å². The van der Waals surface area contributed by atoms with Gasteiger partial charge in [-0.1, -0.05) is 66.2 Å². The molecule has 0 saturated heterocycles. The maximum Gasteiger partial charge on any atom is -0.0292 e. The molecule has 5 fully saturated rings. The predicted octanol–water partition coefficient (Wildman–Crippen LogP) is 8.74. The molecule has 0 aromatic rings. The maximum absolute atomic E-state index is 2.73. The lowest BCUT2D eigenvalue weighted by Crippen LogP contribution is -2.37. The van der Waals surface area contributed by atoms with Crippen LogP contribution < -0.4 is 0 Å². The highest BCUT2D eigenvalue weighted by molar-refractivity contribution is 5.07. The minimum Gasteiger partial charge on any atom is -0.0622 e. The third-order valence-electron chi connectivity index (χ3n) is 11.9. The molecule has 5 rings (SSSR count). The molecule has 0 heteroatoms. The van der Waals surface area contributed by atoms with Crippen LogP contribution in [0.5, 0.6) is 0 Å². The molecule has 0 N–H and O–H groups in total. The van der Waals surface area contributed by atoms with Crippen LogP contribution in [-0.2, 0) is 0 Å². The topological polar surface area (TPSA) is 0 Å². The molecule has 5 saturated carbocycles. The van der Waals surface area contributed by atoms with E-state index in [1.54, 1.807) is 51.4 Å². The molecular formula is C29H50. The predicted molar refractivity (Wildman–Crippen MR) is 125 cm³/mol. The summed E-state index contributed by atoms with van der Waals surface area (Å²) in [4.78, 5) is 0. The van der Waals surface area contributed by atoms with Crippen LogP contribution in [-0.4, -0.2) is 0 Å². The SMILES string of the molecule is CC1CCCCC1C1CCC2C3CCC(C4CCCCC4C)CC3C(C)(C)C2C1. The molecule has 29 heavy (non-hydrogen) atoms. The Bertz CT molecular complexity index is 512. The van der Waals surface area contributed by atoms with Gasteiger partial charge in [-0.25, -0.2) is 0 Å². The summed E-state index contributed by atoms with van der Waals surface area (Å²) in [5, 5.41) is 0. The highest BCUT2D eigenvalue weighted by Crippen LogP contribution is 2.66. The number of hydrogen-bond acceptors (Lipinski definition) is 0. The van der Waals surface area contributed by atoms with E-state index in [4.69, 9.17) is 0 Å². The fourth-order valence-electron chi connectivity index (χ4n) is 10.3. The van der Waals surface area contributed by atoms with Gasteiger partial charge in [-0.15, -0.1) is 0 Å². The van der Waals surface area contributed by atoms with Crippen LogP contribution in [0.1, 0.15) is 118 Å². The van der Waals surface area contributed by atoms with E-state index in [-0.39, 0.29) is 0 Å². The molecule has 0 heterocycles. The van der Waals surface area contributed by atoms with Gasteiger partial charge in [0.2, 0.25) is 0 Å². The fraction of sp³-hybridized carbons (Fsp3) is 1.00. The zero-order valence-electron chi connectivity index (χ0n) is 20.2. The fourth-order valence-corrected chi connectivity index (χ4v) is 10.3. The summed E-state index contributed by atoms with van der Waals surface area (Å²) in [6.45, 7) is 10.6. The van der Waals surface area contributed by atoms with E-state index in [0.29, 0.717) is 5.41 Å². The second-order valence-corrected chi connectivity index (χ2v) is 13.4. The van der Waals surface area contributed by atoms with E-state index < -0.39 is 0 Å². The summed E-state index contributed by atoms with van der Waals surface area (Å²) in [7, 11) is 0. The Kier molecular flexibility index (Phi) is 5.88. The van der Waals surface area contributed by atoms with E-state index in [1.807, 2.05) is 0 Å². The Morgan fingerprint density at radius 3 is 1.31 bits per heavy atom. The zero-order chi connectivity index (χ0) is 20.2. The van der Waals surface area contributed by atoms with Crippen LogP contribution >= 0.6 is 0 Å². The molecular weight excluding hydrogens is 348 g/mol. The average molecular weight is 399 g/mol. The number of fused-ring (bicyclic) bond motifs is 3. The normalized spacial score (nSPS) is 52.6. The molecule has 0 aliphatic heterocycles. The smallest absolute Gasteiger partial charge is 0.0292 e. The quantitative estimate of drug-likeness (QED) is 0.436. The van der Waals surface area contributed by atoms with Crippen molar-refractivity contribution in [1.29, 1.82) is 0 Å². The molecule has 0 spiro atoms. The molecule has 0 nitrogen and oxygen atoms in total. The van der Waals surface area contributed by atoms with Gasteiger partial charge >= 0.3 is 0 Å². The first-order valence-corrected chi connectivity index (χ1v) is 14.0. The summed E-state index contributed by atoms with van der Waals surface area (Å²) >= 11 is 0. The van der Waals surface area contributed by atoms with Crippen molar-refractivity contribution in [3.05, 3.63) is 0 Å². The lowest BCUT2D eigenvalue weighted by molar-refractivity contribution is 0.0429. The first kappa shape index (κ1) is 20.9. The summed E-state index contributed by atoms with van der Waals surface area (Å²) < 4.78 is 0. The van der Waals surface area contributed by atoms with E-state index >= 15 is 0 Å². The Morgan fingerprint density at radius 1 is 0.483 bits per heavy atom. The molecule has 10 atom stereocenters. The second kappa shape index (κ2) is 8.16. The molecule has 0 aromatic heterocycles. The molecule has 0 radical (unpaired) electrons. The highest BCUT2D eigenvalue weighted by atomic mass is 14.6. The Balaban J connectivity index is 1.30. The van der Waals surface area contributed by atoms with Crippen LogP contribution in [0.25, 0.3) is 0 Å². The van der Waals surface area contributed by atoms with Crippen molar-refractivity contribution in [2.75, 3.05) is 0 Å². The molecule has 0 amide bonds. The van der Waals surface area contributed by atoms with Crippen molar-refractivity contribution >= 4 is 0 Å². The zero-order valence-corrected chi connectivity index (χ0v) is 20.2. The van der Waals surface area contributed by atoms with E-state index in [2.05, 4.69) is 27.7 Å². The van der Waals surface area contributed by atoms with Gasteiger partial charge in [-0.3, -0.25) is 0 Å². The second-order valence-electron chi connectivity index (χ2n) is 13.4. The number of hydrogen-bond donors (Lipinski definition) is 0. The van der Waals surface area contributed by atoms with Crippen molar-refractivity contribution in [3.63, 3.8) is 0 Å². The van der Waals surface area contributed by atoms with Gasteiger partial charge in [-0.2, -0.15) is 0 Å². The van der Waals surface area contributed by atoms with Crippen LogP contribution in [0, 0.1) is 64.6 Å². The van der Waals surface area contributed by atoms with Crippen molar-refractivity contribution in [2.45, 2.75) is 118 Å². The molecule has 10 unspecified atom stereocenters. The summed E-state index contributed by atoms with van der Waals surface area (Å²) in [6, 6.07) is 0. The monoisotopic (exact) mass is 398 g/mol. The van der Waals surface area contributed by atoms with Gasteiger partial charge in [0.15, 0.2) is 0 Å². The Labute approximate surface area is 182 Å². The number of rotatable bonds is 2. The molecule has 5 aliphatic rings. The third-order valence-corrected chi connectivity index (χ3v) is 11.9. The molecule has 0 bridgehead atoms. The largest absolute Gasteiger partial charge is 0.0622 e. The van der Waals surface area contributed by atoms with Gasteiger partial charge in [0.05, 0.1) is 0 Å². The first-order chi connectivity index (χ1) is 14.0.